The first-order chi connectivity index (χ1) is 14.6. The molecule has 6 nitrogen and oxygen atoms in total. The van der Waals surface area contributed by atoms with Crippen molar-refractivity contribution in [3.8, 4) is 0 Å². The van der Waals surface area contributed by atoms with Crippen LogP contribution >= 0.6 is 11.6 Å². The summed E-state index contributed by atoms with van der Waals surface area (Å²) in [5, 5.41) is 2.59. The summed E-state index contributed by atoms with van der Waals surface area (Å²) in [6, 6.07) is 15.5. The predicted molar refractivity (Wildman–Crippen MR) is 120 cm³/mol. The molecule has 31 heavy (non-hydrogen) atoms. The van der Waals surface area contributed by atoms with Crippen molar-refractivity contribution in [3.63, 3.8) is 0 Å². The van der Waals surface area contributed by atoms with Gasteiger partial charge < -0.3 is 5.32 Å². The van der Waals surface area contributed by atoms with Gasteiger partial charge >= 0.3 is 0 Å². The topological polar surface area (TPSA) is 83.6 Å². The maximum absolute atomic E-state index is 13.9. The molecule has 0 aliphatic rings. The van der Waals surface area contributed by atoms with Gasteiger partial charge in [-0.25, -0.2) is 12.8 Å². The Kier molecular flexibility index (Phi) is 6.78. The Labute approximate surface area is 187 Å². The second-order valence-electron chi connectivity index (χ2n) is 6.53. The molecule has 0 aliphatic heterocycles. The van der Waals surface area contributed by atoms with Gasteiger partial charge in [-0.05, 0) is 60.7 Å². The number of hydrogen-bond acceptors (Lipinski definition) is 4. The fourth-order valence-corrected chi connectivity index (χ4v) is 4.65. The van der Waals surface area contributed by atoms with E-state index in [0.29, 0.717) is 10.6 Å². The molecule has 1 N–H and O–H groups in total. The van der Waals surface area contributed by atoms with Crippen LogP contribution in [-0.2, 0) is 20.8 Å². The largest absolute Gasteiger partial charge is 0.319 e. The van der Waals surface area contributed by atoms with Crippen molar-refractivity contribution in [2.75, 3.05) is 22.9 Å². The van der Waals surface area contributed by atoms with Gasteiger partial charge in [-0.15, -0.1) is 0 Å². The summed E-state index contributed by atoms with van der Waals surface area (Å²) in [6.07, 6.45) is 1.53. The second-order valence-corrected chi connectivity index (χ2v) is 10.3. The minimum Gasteiger partial charge on any atom is -0.319 e. The molecule has 0 saturated carbocycles. The molecule has 1 unspecified atom stereocenters. The third-order valence-corrected chi connectivity index (χ3v) is 7.42. The summed E-state index contributed by atoms with van der Waals surface area (Å²) in [7, 11) is -3.79. The molecule has 0 heterocycles. The van der Waals surface area contributed by atoms with E-state index in [1.54, 1.807) is 24.3 Å². The van der Waals surface area contributed by atoms with Crippen LogP contribution < -0.4 is 9.62 Å². The average Bonchev–Trinajstić information content (AvgIpc) is 2.75. The van der Waals surface area contributed by atoms with E-state index < -0.39 is 32.5 Å². The molecular formula is C21H18ClFN2O4S2. The van der Waals surface area contributed by atoms with E-state index >= 15 is 0 Å². The van der Waals surface area contributed by atoms with Gasteiger partial charge in [0.15, 0.2) is 0 Å². The van der Waals surface area contributed by atoms with Crippen molar-refractivity contribution in [3.05, 3.63) is 83.1 Å². The molecule has 0 fully saturated rings. The lowest BCUT2D eigenvalue weighted by molar-refractivity contribution is 0.102. The van der Waals surface area contributed by atoms with Gasteiger partial charge in [0.2, 0.25) is 0 Å². The molecule has 0 saturated heterocycles. The van der Waals surface area contributed by atoms with Gasteiger partial charge in [-0.1, -0.05) is 17.7 Å². The molecule has 10 heteroatoms. The number of carbonyl (C=O) groups excluding carboxylic acids is 1. The van der Waals surface area contributed by atoms with Crippen LogP contribution in [0.1, 0.15) is 10.4 Å². The molecule has 0 radical (unpaired) electrons. The Bertz CT molecular complexity index is 1260. The van der Waals surface area contributed by atoms with Crippen molar-refractivity contribution in [1.82, 2.24) is 0 Å². The maximum atomic E-state index is 13.9. The first-order valence-electron chi connectivity index (χ1n) is 8.88. The quantitative estimate of drug-likeness (QED) is 0.570. The van der Waals surface area contributed by atoms with E-state index in [-0.39, 0.29) is 21.2 Å². The number of anilines is 2. The third kappa shape index (κ3) is 5.12. The Morgan fingerprint density at radius 2 is 1.74 bits per heavy atom. The van der Waals surface area contributed by atoms with Gasteiger partial charge in [-0.2, -0.15) is 0 Å². The summed E-state index contributed by atoms with van der Waals surface area (Å²) in [5.41, 5.74) is 0.334. The number of carbonyl (C=O) groups is 1. The van der Waals surface area contributed by atoms with Gasteiger partial charge in [0.25, 0.3) is 15.9 Å². The van der Waals surface area contributed by atoms with Crippen molar-refractivity contribution in [2.45, 2.75) is 9.79 Å². The Balaban J connectivity index is 1.86. The number of halogens is 2. The molecule has 0 spiro atoms. The molecule has 162 valence electrons. The molecule has 0 aliphatic carbocycles. The summed E-state index contributed by atoms with van der Waals surface area (Å²) >= 11 is 5.71. The number of sulfonamides is 1. The van der Waals surface area contributed by atoms with E-state index in [9.17, 15) is 21.8 Å². The van der Waals surface area contributed by atoms with Crippen LogP contribution in [0, 0.1) is 5.82 Å². The molecule has 3 aromatic carbocycles. The average molecular weight is 481 g/mol. The van der Waals surface area contributed by atoms with Crippen LogP contribution in [0.5, 0.6) is 0 Å². The lowest BCUT2D eigenvalue weighted by Gasteiger charge is -2.20. The predicted octanol–water partition coefficient (Wildman–Crippen LogP) is 4.29. The van der Waals surface area contributed by atoms with Gasteiger partial charge in [0, 0.05) is 39.6 Å². The molecular weight excluding hydrogens is 463 g/mol. The fraction of sp³-hybridized carbons (Fsp3) is 0.0952. The first-order valence-corrected chi connectivity index (χ1v) is 12.3. The summed E-state index contributed by atoms with van der Waals surface area (Å²) in [5.74, 6) is -1.38. The van der Waals surface area contributed by atoms with Crippen molar-refractivity contribution in [1.29, 1.82) is 0 Å². The monoisotopic (exact) mass is 480 g/mol. The highest BCUT2D eigenvalue weighted by molar-refractivity contribution is 7.92. The van der Waals surface area contributed by atoms with Crippen molar-refractivity contribution < 1.29 is 21.8 Å². The Morgan fingerprint density at radius 3 is 2.35 bits per heavy atom. The van der Waals surface area contributed by atoms with E-state index in [1.165, 1.54) is 49.7 Å². The zero-order valence-electron chi connectivity index (χ0n) is 16.5. The SMILES string of the molecule is CN(c1ccc(S(C)=O)cc1)S(=O)(=O)c1cccc(C(=O)Nc2ccc(Cl)cc2F)c1. The van der Waals surface area contributed by atoms with Crippen LogP contribution in [0.25, 0.3) is 0 Å². The lowest BCUT2D eigenvalue weighted by Crippen LogP contribution is -2.27. The number of benzene rings is 3. The number of nitrogens with one attached hydrogen (secondary N) is 1. The number of rotatable bonds is 6. The second kappa shape index (κ2) is 9.17. The smallest absolute Gasteiger partial charge is 0.264 e. The Hall–Kier alpha value is -2.75. The summed E-state index contributed by atoms with van der Waals surface area (Å²) in [6.45, 7) is 0. The number of amides is 1. The molecule has 1 atom stereocenters. The van der Waals surface area contributed by atoms with Gasteiger partial charge in [-0.3, -0.25) is 13.3 Å². The van der Waals surface area contributed by atoms with Gasteiger partial charge in [0.05, 0.1) is 16.3 Å². The van der Waals surface area contributed by atoms with E-state index in [2.05, 4.69) is 5.32 Å². The molecule has 0 aromatic heterocycles. The van der Waals surface area contributed by atoms with E-state index in [0.717, 1.165) is 10.4 Å². The maximum Gasteiger partial charge on any atom is 0.264 e. The minimum atomic E-state index is -3.98. The molecule has 1 amide bonds. The standard InChI is InChI=1S/C21H18ClFN2O4S2/c1-25(16-7-9-17(10-8-16)30(2)27)31(28,29)18-5-3-4-14(12-18)21(26)24-20-11-6-15(22)13-19(20)23/h3-13H,1-2H3,(H,24,26). The van der Waals surface area contributed by atoms with Crippen LogP contribution in [0.4, 0.5) is 15.8 Å². The van der Waals surface area contributed by atoms with Crippen LogP contribution in [0.3, 0.4) is 0 Å². The summed E-state index contributed by atoms with van der Waals surface area (Å²) in [4.78, 5) is 13.0. The van der Waals surface area contributed by atoms with Crippen molar-refractivity contribution >= 4 is 49.7 Å². The highest BCUT2D eigenvalue weighted by Crippen LogP contribution is 2.24. The number of nitrogens with zero attached hydrogens (tertiary/aromatic N) is 1. The fourth-order valence-electron chi connectivity index (χ4n) is 2.73. The highest BCUT2D eigenvalue weighted by Gasteiger charge is 2.23. The minimum absolute atomic E-state index is 0.0422. The molecule has 0 bridgehead atoms. The highest BCUT2D eigenvalue weighted by atomic mass is 35.5. The van der Waals surface area contributed by atoms with Crippen LogP contribution in [-0.4, -0.2) is 31.8 Å². The number of hydrogen-bond donors (Lipinski definition) is 1. The molecule has 3 aromatic rings. The lowest BCUT2D eigenvalue weighted by atomic mass is 10.2. The Morgan fingerprint density at radius 1 is 1.06 bits per heavy atom. The van der Waals surface area contributed by atoms with E-state index in [1.807, 2.05) is 0 Å². The van der Waals surface area contributed by atoms with Crippen LogP contribution in [0.15, 0.2) is 76.5 Å². The zero-order valence-corrected chi connectivity index (χ0v) is 18.9. The first kappa shape index (κ1) is 22.9. The van der Waals surface area contributed by atoms with Crippen LogP contribution in [0.2, 0.25) is 5.02 Å². The third-order valence-electron chi connectivity index (χ3n) is 4.47. The normalized spacial score (nSPS) is 12.3. The van der Waals surface area contributed by atoms with Crippen molar-refractivity contribution in [2.24, 2.45) is 0 Å². The molecule has 3 rings (SSSR count). The summed E-state index contributed by atoms with van der Waals surface area (Å²) < 4.78 is 52.6. The van der Waals surface area contributed by atoms with Gasteiger partial charge in [0.1, 0.15) is 5.82 Å². The zero-order chi connectivity index (χ0) is 22.8. The van der Waals surface area contributed by atoms with E-state index in [4.69, 9.17) is 11.6 Å².